The van der Waals surface area contributed by atoms with Crippen LogP contribution in [0.1, 0.15) is 0 Å². The average molecular weight is 321 g/mol. The topological polar surface area (TPSA) is 20.7 Å². The second-order valence-electron chi connectivity index (χ2n) is 4.25. The second kappa shape index (κ2) is 5.44. The van der Waals surface area contributed by atoms with Crippen LogP contribution in [0.5, 0.6) is 0 Å². The van der Waals surface area contributed by atoms with E-state index in [4.69, 9.17) is 35.4 Å². The van der Waals surface area contributed by atoms with Gasteiger partial charge in [0, 0.05) is 11.8 Å². The number of benzene rings is 2. The van der Waals surface area contributed by atoms with Gasteiger partial charge in [-0.2, -0.15) is 0 Å². The molecule has 20 heavy (non-hydrogen) atoms. The molecule has 1 N–H and O–H groups in total. The Morgan fingerprint density at radius 2 is 1.55 bits per heavy atom. The molecule has 0 saturated heterocycles. The lowest BCUT2D eigenvalue weighted by atomic mass is 10.1. The van der Waals surface area contributed by atoms with Crippen LogP contribution in [0.2, 0.25) is 10.0 Å². The monoisotopic (exact) mass is 320 g/mol. The van der Waals surface area contributed by atoms with Crippen LogP contribution in [0.15, 0.2) is 54.7 Å². The quantitative estimate of drug-likeness (QED) is 0.617. The molecule has 3 rings (SSSR count). The molecule has 2 aromatic carbocycles. The van der Waals surface area contributed by atoms with E-state index >= 15 is 0 Å². The van der Waals surface area contributed by atoms with E-state index in [1.54, 1.807) is 12.1 Å². The molecule has 0 amide bonds. The van der Waals surface area contributed by atoms with Gasteiger partial charge in [-0.25, -0.2) is 0 Å². The van der Waals surface area contributed by atoms with Crippen LogP contribution >= 0.6 is 35.4 Å². The van der Waals surface area contributed by atoms with Gasteiger partial charge < -0.3 is 4.98 Å². The Kier molecular flexibility index (Phi) is 3.66. The van der Waals surface area contributed by atoms with Crippen molar-refractivity contribution < 1.29 is 0 Å². The van der Waals surface area contributed by atoms with Crippen molar-refractivity contribution in [3.8, 4) is 16.9 Å². The van der Waals surface area contributed by atoms with Gasteiger partial charge in [0.2, 0.25) is 0 Å². The highest BCUT2D eigenvalue weighted by Gasteiger charge is 2.14. The summed E-state index contributed by atoms with van der Waals surface area (Å²) in [5, 5.41) is 1.12. The van der Waals surface area contributed by atoms with E-state index in [2.05, 4.69) is 4.98 Å². The van der Waals surface area contributed by atoms with Crippen molar-refractivity contribution in [2.75, 3.05) is 0 Å². The number of para-hydroxylation sites is 1. The first kappa shape index (κ1) is 13.4. The standard InChI is InChI=1S/C15H10Cl2N2S/c16-11-7-4-8-12(17)14(11)19-13(9-18-15(19)20)10-5-2-1-3-6-10/h1-9H,(H,18,20). The molecular weight excluding hydrogens is 311 g/mol. The lowest BCUT2D eigenvalue weighted by Gasteiger charge is -2.12. The molecule has 100 valence electrons. The minimum Gasteiger partial charge on any atom is -0.336 e. The molecule has 0 aliphatic carbocycles. The highest BCUT2D eigenvalue weighted by atomic mass is 35.5. The number of aromatic amines is 1. The van der Waals surface area contributed by atoms with E-state index in [1.165, 1.54) is 0 Å². The zero-order valence-electron chi connectivity index (χ0n) is 10.3. The third-order valence-corrected chi connectivity index (χ3v) is 3.92. The summed E-state index contributed by atoms with van der Waals surface area (Å²) in [5.41, 5.74) is 2.65. The molecule has 0 unspecified atom stereocenters. The van der Waals surface area contributed by atoms with Crippen molar-refractivity contribution in [1.82, 2.24) is 9.55 Å². The fourth-order valence-corrected chi connectivity index (χ4v) is 2.93. The molecule has 2 nitrogen and oxygen atoms in total. The number of hydrogen-bond acceptors (Lipinski definition) is 1. The first-order chi connectivity index (χ1) is 9.68. The molecule has 0 aliphatic rings. The maximum absolute atomic E-state index is 6.29. The van der Waals surface area contributed by atoms with E-state index in [-0.39, 0.29) is 0 Å². The Labute approximate surface area is 131 Å². The van der Waals surface area contributed by atoms with Gasteiger partial charge in [0.15, 0.2) is 4.77 Å². The summed E-state index contributed by atoms with van der Waals surface area (Å²) in [6.45, 7) is 0. The largest absolute Gasteiger partial charge is 0.336 e. The fraction of sp³-hybridized carbons (Fsp3) is 0. The number of halogens is 2. The summed E-state index contributed by atoms with van der Waals surface area (Å²) in [5.74, 6) is 0. The minimum atomic E-state index is 0.554. The van der Waals surface area contributed by atoms with Gasteiger partial charge in [-0.3, -0.25) is 4.57 Å². The molecule has 1 heterocycles. The van der Waals surface area contributed by atoms with Gasteiger partial charge in [0.05, 0.1) is 21.4 Å². The first-order valence-corrected chi connectivity index (χ1v) is 7.15. The molecule has 1 aromatic heterocycles. The number of hydrogen-bond donors (Lipinski definition) is 1. The third-order valence-electron chi connectivity index (χ3n) is 3.01. The highest BCUT2D eigenvalue weighted by Crippen LogP contribution is 2.32. The normalized spacial score (nSPS) is 10.7. The summed E-state index contributed by atoms with van der Waals surface area (Å²) in [6.07, 6.45) is 1.86. The molecule has 0 fully saturated rings. The molecule has 0 spiro atoms. The van der Waals surface area contributed by atoms with Gasteiger partial charge in [0.25, 0.3) is 0 Å². The lowest BCUT2D eigenvalue weighted by molar-refractivity contribution is 1.04. The molecule has 3 aromatic rings. The zero-order chi connectivity index (χ0) is 14.1. The number of rotatable bonds is 2. The SMILES string of the molecule is S=c1[nH]cc(-c2ccccc2)n1-c1c(Cl)cccc1Cl. The molecule has 0 atom stereocenters. The van der Waals surface area contributed by atoms with Crippen molar-refractivity contribution >= 4 is 35.4 Å². The molecular formula is C15H10Cl2N2S. The predicted octanol–water partition coefficient (Wildman–Crippen LogP) is 5.51. The van der Waals surface area contributed by atoms with Gasteiger partial charge in [0.1, 0.15) is 0 Å². The molecule has 0 radical (unpaired) electrons. The molecule has 5 heteroatoms. The summed E-state index contributed by atoms with van der Waals surface area (Å²) in [6, 6.07) is 15.4. The number of aromatic nitrogens is 2. The van der Waals surface area contributed by atoms with Crippen molar-refractivity contribution in [3.63, 3.8) is 0 Å². The number of H-pyrrole nitrogens is 1. The smallest absolute Gasteiger partial charge is 0.182 e. The average Bonchev–Trinajstić information content (AvgIpc) is 2.82. The van der Waals surface area contributed by atoms with E-state index in [0.717, 1.165) is 11.3 Å². The summed E-state index contributed by atoms with van der Waals surface area (Å²) >= 11 is 17.9. The van der Waals surface area contributed by atoms with Crippen molar-refractivity contribution in [2.24, 2.45) is 0 Å². The Morgan fingerprint density at radius 1 is 0.900 bits per heavy atom. The van der Waals surface area contributed by atoms with Crippen LogP contribution in [0.3, 0.4) is 0 Å². The second-order valence-corrected chi connectivity index (χ2v) is 5.45. The maximum atomic E-state index is 6.29. The minimum absolute atomic E-state index is 0.554. The number of nitrogens with one attached hydrogen (secondary N) is 1. The van der Waals surface area contributed by atoms with Gasteiger partial charge in [-0.05, 0) is 24.4 Å². The van der Waals surface area contributed by atoms with Gasteiger partial charge in [-0.15, -0.1) is 0 Å². The van der Waals surface area contributed by atoms with Crippen LogP contribution in [0.4, 0.5) is 0 Å². The van der Waals surface area contributed by atoms with E-state index < -0.39 is 0 Å². The maximum Gasteiger partial charge on any atom is 0.182 e. The highest BCUT2D eigenvalue weighted by molar-refractivity contribution is 7.71. The Hall–Kier alpha value is -1.55. The molecule has 0 bridgehead atoms. The molecule has 0 aliphatic heterocycles. The lowest BCUT2D eigenvalue weighted by Crippen LogP contribution is -1.99. The Bertz CT molecular complexity index is 786. The van der Waals surface area contributed by atoms with Gasteiger partial charge >= 0.3 is 0 Å². The van der Waals surface area contributed by atoms with Crippen LogP contribution in [0, 0.1) is 4.77 Å². The number of imidazole rings is 1. The van der Waals surface area contributed by atoms with Crippen molar-refractivity contribution in [3.05, 3.63) is 69.5 Å². The van der Waals surface area contributed by atoms with Crippen LogP contribution < -0.4 is 0 Å². The van der Waals surface area contributed by atoms with Crippen LogP contribution in [-0.2, 0) is 0 Å². The van der Waals surface area contributed by atoms with Crippen LogP contribution in [-0.4, -0.2) is 9.55 Å². The van der Waals surface area contributed by atoms with E-state index in [0.29, 0.717) is 20.5 Å². The Morgan fingerprint density at radius 3 is 2.20 bits per heavy atom. The summed E-state index contributed by atoms with van der Waals surface area (Å²) in [7, 11) is 0. The zero-order valence-corrected chi connectivity index (χ0v) is 12.6. The summed E-state index contributed by atoms with van der Waals surface area (Å²) in [4.78, 5) is 3.05. The van der Waals surface area contributed by atoms with E-state index in [1.807, 2.05) is 47.2 Å². The Balaban J connectivity index is 2.31. The number of nitrogens with zero attached hydrogens (tertiary/aromatic N) is 1. The summed E-state index contributed by atoms with van der Waals surface area (Å²) < 4.78 is 2.41. The van der Waals surface area contributed by atoms with Crippen molar-refractivity contribution in [2.45, 2.75) is 0 Å². The van der Waals surface area contributed by atoms with E-state index in [9.17, 15) is 0 Å². The third kappa shape index (κ3) is 2.29. The van der Waals surface area contributed by atoms with Gasteiger partial charge in [-0.1, -0.05) is 59.6 Å². The molecule has 0 saturated carbocycles. The van der Waals surface area contributed by atoms with Crippen molar-refractivity contribution in [1.29, 1.82) is 0 Å². The first-order valence-electron chi connectivity index (χ1n) is 5.98. The van der Waals surface area contributed by atoms with Crippen LogP contribution in [0.25, 0.3) is 16.9 Å². The fourth-order valence-electron chi connectivity index (χ4n) is 2.11. The predicted molar refractivity (Wildman–Crippen MR) is 86.4 cm³/mol.